The smallest absolute Gasteiger partial charge is 0.280 e. The Balaban J connectivity index is 2.25. The summed E-state index contributed by atoms with van der Waals surface area (Å²) >= 11 is 0. The van der Waals surface area contributed by atoms with E-state index in [2.05, 4.69) is 31.5 Å². The van der Waals surface area contributed by atoms with Crippen LogP contribution >= 0.6 is 0 Å². The first-order chi connectivity index (χ1) is 9.12. The predicted octanol–water partition coefficient (Wildman–Crippen LogP) is -0.0507. The lowest BCUT2D eigenvalue weighted by atomic mass is 10.3. The zero-order chi connectivity index (χ0) is 13.7. The number of imidazole rings is 1. The second-order valence-electron chi connectivity index (χ2n) is 3.39. The Morgan fingerprint density at radius 1 is 1.42 bits per heavy atom. The number of aromatic nitrogens is 3. The van der Waals surface area contributed by atoms with E-state index in [4.69, 9.17) is 5.11 Å². The van der Waals surface area contributed by atoms with Gasteiger partial charge in [-0.05, 0) is 18.1 Å². The van der Waals surface area contributed by atoms with Crippen molar-refractivity contribution >= 4 is 15.8 Å². The summed E-state index contributed by atoms with van der Waals surface area (Å²) < 4.78 is 26.1. The number of anilines is 1. The third-order valence-electron chi connectivity index (χ3n) is 2.05. The van der Waals surface area contributed by atoms with Gasteiger partial charge in [0.25, 0.3) is 10.0 Å². The molecule has 0 aromatic carbocycles. The summed E-state index contributed by atoms with van der Waals surface area (Å²) in [7, 11) is -3.74. The summed E-state index contributed by atoms with van der Waals surface area (Å²) in [6.45, 7) is -0.286. The summed E-state index contributed by atoms with van der Waals surface area (Å²) in [6, 6.07) is 4.72. The van der Waals surface area contributed by atoms with Crippen molar-refractivity contribution in [1.82, 2.24) is 15.0 Å². The molecule has 0 spiro atoms. The maximum atomic E-state index is 11.9. The molecule has 8 heteroatoms. The molecule has 0 radical (unpaired) electrons. The third-order valence-corrected chi connectivity index (χ3v) is 3.33. The van der Waals surface area contributed by atoms with Gasteiger partial charge in [-0.25, -0.2) is 9.97 Å². The van der Waals surface area contributed by atoms with E-state index in [1.165, 1.54) is 18.6 Å². The zero-order valence-corrected chi connectivity index (χ0v) is 10.5. The minimum atomic E-state index is -3.74. The molecule has 0 saturated carbocycles. The number of hydrogen-bond acceptors (Lipinski definition) is 5. The number of nitrogens with one attached hydrogen (secondary N) is 2. The quantitative estimate of drug-likeness (QED) is 0.682. The van der Waals surface area contributed by atoms with Crippen LogP contribution in [-0.4, -0.2) is 35.1 Å². The van der Waals surface area contributed by atoms with Crippen LogP contribution in [0.1, 0.15) is 5.69 Å². The Morgan fingerprint density at radius 3 is 2.95 bits per heavy atom. The second kappa shape index (κ2) is 5.51. The summed E-state index contributed by atoms with van der Waals surface area (Å²) in [6.07, 6.45) is 2.46. The van der Waals surface area contributed by atoms with Gasteiger partial charge in [0.05, 0.1) is 12.5 Å². The van der Waals surface area contributed by atoms with Gasteiger partial charge in [0.15, 0.2) is 5.03 Å². The molecular formula is C11H10N4O3S. The van der Waals surface area contributed by atoms with Crippen LogP contribution in [0.3, 0.4) is 0 Å². The van der Waals surface area contributed by atoms with E-state index in [-0.39, 0.29) is 17.5 Å². The van der Waals surface area contributed by atoms with Crippen LogP contribution in [-0.2, 0) is 10.0 Å². The van der Waals surface area contributed by atoms with E-state index in [0.717, 1.165) is 0 Å². The van der Waals surface area contributed by atoms with Gasteiger partial charge in [0.2, 0.25) is 0 Å². The van der Waals surface area contributed by atoms with Gasteiger partial charge in [-0.2, -0.15) is 8.42 Å². The minimum Gasteiger partial charge on any atom is -0.384 e. The van der Waals surface area contributed by atoms with E-state index in [1.54, 1.807) is 12.1 Å². The van der Waals surface area contributed by atoms with E-state index in [9.17, 15) is 8.42 Å². The number of aliphatic hydroxyl groups is 1. The van der Waals surface area contributed by atoms with Crippen molar-refractivity contribution in [3.8, 4) is 11.8 Å². The average molecular weight is 278 g/mol. The molecule has 0 aliphatic carbocycles. The number of nitrogens with zero attached hydrogens (tertiary/aromatic N) is 2. The van der Waals surface area contributed by atoms with Gasteiger partial charge in [-0.1, -0.05) is 12.0 Å². The van der Waals surface area contributed by atoms with Crippen LogP contribution in [0.5, 0.6) is 0 Å². The number of hydrogen-bond donors (Lipinski definition) is 3. The number of rotatable bonds is 3. The lowest BCUT2D eigenvalue weighted by Crippen LogP contribution is -2.14. The van der Waals surface area contributed by atoms with Crippen LogP contribution < -0.4 is 4.72 Å². The summed E-state index contributed by atoms with van der Waals surface area (Å²) in [5.41, 5.74) is 0.360. The Morgan fingerprint density at radius 2 is 2.26 bits per heavy atom. The molecular weight excluding hydrogens is 268 g/mol. The number of pyridine rings is 1. The fourth-order valence-corrected chi connectivity index (χ4v) is 2.18. The van der Waals surface area contributed by atoms with Crippen LogP contribution in [0, 0.1) is 11.8 Å². The van der Waals surface area contributed by atoms with E-state index in [1.807, 2.05) is 0 Å². The van der Waals surface area contributed by atoms with Gasteiger partial charge < -0.3 is 10.1 Å². The highest BCUT2D eigenvalue weighted by Gasteiger charge is 2.15. The topological polar surface area (TPSA) is 108 Å². The minimum absolute atomic E-state index is 0.0545. The van der Waals surface area contributed by atoms with E-state index >= 15 is 0 Å². The molecule has 0 amide bonds. The molecule has 0 saturated heterocycles. The molecule has 0 aliphatic heterocycles. The predicted molar refractivity (Wildman–Crippen MR) is 67.6 cm³/mol. The standard InChI is InChI=1S/C11H10N4O3S/c16-6-2-4-9-3-1-5-10(14-9)15-19(17,18)11-7-12-8-13-11/h1,3,5,7-8,16H,6H2,(H,12,13)(H,14,15). The van der Waals surface area contributed by atoms with E-state index < -0.39 is 10.0 Å². The van der Waals surface area contributed by atoms with Gasteiger partial charge >= 0.3 is 0 Å². The van der Waals surface area contributed by atoms with Crippen molar-refractivity contribution in [1.29, 1.82) is 0 Å². The van der Waals surface area contributed by atoms with Crippen molar-refractivity contribution < 1.29 is 13.5 Å². The molecule has 7 nitrogen and oxygen atoms in total. The van der Waals surface area contributed by atoms with Crippen molar-refractivity contribution in [2.45, 2.75) is 5.03 Å². The normalized spacial score (nSPS) is 10.6. The Hall–Kier alpha value is -2.37. The van der Waals surface area contributed by atoms with E-state index in [0.29, 0.717) is 5.69 Å². The molecule has 0 fully saturated rings. The van der Waals surface area contributed by atoms with Crippen molar-refractivity contribution in [2.75, 3.05) is 11.3 Å². The first-order valence-electron chi connectivity index (χ1n) is 5.20. The maximum absolute atomic E-state index is 11.9. The first-order valence-corrected chi connectivity index (χ1v) is 6.68. The van der Waals surface area contributed by atoms with Crippen LogP contribution in [0.25, 0.3) is 0 Å². The molecule has 0 aliphatic rings. The number of aromatic amines is 1. The highest BCUT2D eigenvalue weighted by Crippen LogP contribution is 2.11. The number of aliphatic hydroxyl groups excluding tert-OH is 1. The Kier molecular flexibility index (Phi) is 3.79. The van der Waals surface area contributed by atoms with Gasteiger partial charge in [0, 0.05) is 0 Å². The van der Waals surface area contributed by atoms with Gasteiger partial charge in [-0.15, -0.1) is 0 Å². The highest BCUT2D eigenvalue weighted by atomic mass is 32.2. The lowest BCUT2D eigenvalue weighted by Gasteiger charge is -2.05. The number of sulfonamides is 1. The zero-order valence-electron chi connectivity index (χ0n) is 9.66. The van der Waals surface area contributed by atoms with Crippen molar-refractivity contribution in [3.05, 3.63) is 36.4 Å². The fourth-order valence-electron chi connectivity index (χ4n) is 1.27. The molecule has 2 aromatic heterocycles. The highest BCUT2D eigenvalue weighted by molar-refractivity contribution is 7.92. The molecule has 0 unspecified atom stereocenters. The summed E-state index contributed by atoms with van der Waals surface area (Å²) in [5, 5.41) is 8.53. The molecule has 98 valence electrons. The summed E-state index contributed by atoms with van der Waals surface area (Å²) in [4.78, 5) is 10.1. The number of H-pyrrole nitrogens is 1. The Bertz CT molecular complexity index is 714. The Labute approximate surface area is 109 Å². The van der Waals surface area contributed by atoms with Crippen molar-refractivity contribution in [3.63, 3.8) is 0 Å². The van der Waals surface area contributed by atoms with Gasteiger partial charge in [0.1, 0.15) is 18.1 Å². The molecule has 0 atom stereocenters. The second-order valence-corrected chi connectivity index (χ2v) is 5.04. The lowest BCUT2D eigenvalue weighted by molar-refractivity contribution is 0.350. The molecule has 2 rings (SSSR count). The maximum Gasteiger partial charge on any atom is 0.280 e. The molecule has 0 bridgehead atoms. The fraction of sp³-hybridized carbons (Fsp3) is 0.0909. The first kappa shape index (κ1) is 13.1. The molecule has 19 heavy (non-hydrogen) atoms. The SMILES string of the molecule is O=S(=O)(Nc1cccc(C#CCO)n1)c1cnc[nH]1. The molecule has 2 aromatic rings. The van der Waals surface area contributed by atoms with Crippen LogP contribution in [0.2, 0.25) is 0 Å². The van der Waals surface area contributed by atoms with Crippen LogP contribution in [0.15, 0.2) is 35.7 Å². The molecule has 3 N–H and O–H groups in total. The third kappa shape index (κ3) is 3.31. The monoisotopic (exact) mass is 278 g/mol. The largest absolute Gasteiger partial charge is 0.384 e. The average Bonchev–Trinajstić information content (AvgIpc) is 2.91. The van der Waals surface area contributed by atoms with Crippen LogP contribution in [0.4, 0.5) is 5.82 Å². The van der Waals surface area contributed by atoms with Gasteiger partial charge in [-0.3, -0.25) is 4.72 Å². The van der Waals surface area contributed by atoms with Crippen molar-refractivity contribution in [2.24, 2.45) is 0 Å². The summed E-state index contributed by atoms with van der Waals surface area (Å²) in [5.74, 6) is 5.16. The molecule has 2 heterocycles.